The van der Waals surface area contributed by atoms with Crippen LogP contribution >= 0.6 is 15.9 Å². The molecule has 0 atom stereocenters. The van der Waals surface area contributed by atoms with E-state index in [0.717, 1.165) is 8.78 Å². The number of hydrogen-bond donors (Lipinski definition) is 1. The zero-order valence-corrected chi connectivity index (χ0v) is 16.1. The number of carbonyl (C=O) groups is 1. The molecule has 0 saturated carbocycles. The molecule has 0 aliphatic heterocycles. The number of aliphatic carboxylic acids is 1. The SMILES string of the molecule is CC(C)Oc1ccc(N(CC(=O)O)S(=O)(=O)c2ccc(Br)cc2)cc1. The maximum Gasteiger partial charge on any atom is 0.324 e. The van der Waals surface area contributed by atoms with Crippen LogP contribution in [-0.2, 0) is 14.8 Å². The molecule has 8 heteroatoms. The normalized spacial score (nSPS) is 11.4. The van der Waals surface area contributed by atoms with Gasteiger partial charge in [0.05, 0.1) is 16.7 Å². The molecule has 0 saturated heterocycles. The van der Waals surface area contributed by atoms with Crippen LogP contribution in [0.3, 0.4) is 0 Å². The second-order valence-corrected chi connectivity index (χ2v) is 8.30. The molecule has 2 rings (SSSR count). The topological polar surface area (TPSA) is 83.9 Å². The molecule has 0 spiro atoms. The third-order valence-corrected chi connectivity index (χ3v) is 5.49. The van der Waals surface area contributed by atoms with Gasteiger partial charge in [0.15, 0.2) is 0 Å². The first kappa shape index (κ1) is 19.3. The first-order valence-corrected chi connectivity index (χ1v) is 9.70. The van der Waals surface area contributed by atoms with E-state index >= 15 is 0 Å². The van der Waals surface area contributed by atoms with Crippen molar-refractivity contribution >= 4 is 37.6 Å². The minimum absolute atomic E-state index is 0.0134. The summed E-state index contributed by atoms with van der Waals surface area (Å²) in [4.78, 5) is 11.2. The highest BCUT2D eigenvalue weighted by Gasteiger charge is 2.27. The average molecular weight is 428 g/mol. The number of carboxylic acid groups (broad SMARTS) is 1. The van der Waals surface area contributed by atoms with Crippen LogP contribution in [0.2, 0.25) is 0 Å². The zero-order valence-electron chi connectivity index (χ0n) is 13.7. The molecule has 0 amide bonds. The number of carboxylic acids is 1. The predicted octanol–water partition coefficient (Wildman–Crippen LogP) is 3.52. The third kappa shape index (κ3) is 4.96. The Kier molecular flexibility index (Phi) is 6.07. The number of anilines is 1. The van der Waals surface area contributed by atoms with Gasteiger partial charge in [-0.3, -0.25) is 9.10 Å². The fourth-order valence-electron chi connectivity index (χ4n) is 2.13. The van der Waals surface area contributed by atoms with Gasteiger partial charge in [-0.15, -0.1) is 0 Å². The number of sulfonamides is 1. The van der Waals surface area contributed by atoms with Crippen molar-refractivity contribution in [2.45, 2.75) is 24.8 Å². The van der Waals surface area contributed by atoms with Gasteiger partial charge in [-0.2, -0.15) is 0 Å². The molecule has 6 nitrogen and oxygen atoms in total. The standard InChI is InChI=1S/C17H18BrNO5S/c1-12(2)24-15-7-5-14(6-8-15)19(11-17(20)21)25(22,23)16-9-3-13(18)4-10-16/h3-10,12H,11H2,1-2H3,(H,20,21). The van der Waals surface area contributed by atoms with E-state index in [1.54, 1.807) is 24.3 Å². The van der Waals surface area contributed by atoms with E-state index in [1.165, 1.54) is 24.3 Å². The highest BCUT2D eigenvalue weighted by molar-refractivity contribution is 9.10. The first-order chi connectivity index (χ1) is 11.7. The second-order valence-electron chi connectivity index (χ2n) is 5.52. The molecule has 0 aliphatic carbocycles. The third-order valence-electron chi connectivity index (χ3n) is 3.18. The average Bonchev–Trinajstić information content (AvgIpc) is 2.53. The molecule has 2 aromatic rings. The minimum atomic E-state index is -4.01. The molecule has 0 aliphatic rings. The van der Waals surface area contributed by atoms with E-state index in [-0.39, 0.29) is 16.7 Å². The van der Waals surface area contributed by atoms with E-state index < -0.39 is 22.5 Å². The molecule has 25 heavy (non-hydrogen) atoms. The Morgan fingerprint density at radius 3 is 2.16 bits per heavy atom. The molecule has 0 radical (unpaired) electrons. The smallest absolute Gasteiger partial charge is 0.324 e. The second kappa shape index (κ2) is 7.88. The van der Waals surface area contributed by atoms with Gasteiger partial charge in [0, 0.05) is 4.47 Å². The molecule has 0 heterocycles. The van der Waals surface area contributed by atoms with Gasteiger partial charge in [-0.25, -0.2) is 8.42 Å². The van der Waals surface area contributed by atoms with Crippen LogP contribution in [0.15, 0.2) is 57.9 Å². The summed E-state index contributed by atoms with van der Waals surface area (Å²) in [5.41, 5.74) is 0.251. The lowest BCUT2D eigenvalue weighted by Crippen LogP contribution is -2.35. The van der Waals surface area contributed by atoms with Gasteiger partial charge in [0.25, 0.3) is 10.0 Å². The maximum absolute atomic E-state index is 12.9. The highest BCUT2D eigenvalue weighted by atomic mass is 79.9. The van der Waals surface area contributed by atoms with Crippen molar-refractivity contribution in [1.82, 2.24) is 0 Å². The van der Waals surface area contributed by atoms with Crippen LogP contribution in [0.25, 0.3) is 0 Å². The number of nitrogens with zero attached hydrogens (tertiary/aromatic N) is 1. The lowest BCUT2D eigenvalue weighted by atomic mass is 10.3. The Bertz CT molecular complexity index is 832. The fourth-order valence-corrected chi connectivity index (χ4v) is 3.81. The summed E-state index contributed by atoms with van der Waals surface area (Å²) in [6, 6.07) is 12.3. The summed E-state index contributed by atoms with van der Waals surface area (Å²) in [6.07, 6.45) is -0.0209. The number of rotatable bonds is 7. The van der Waals surface area contributed by atoms with Crippen molar-refractivity contribution in [1.29, 1.82) is 0 Å². The summed E-state index contributed by atoms with van der Waals surface area (Å²) < 4.78 is 32.8. The molecule has 134 valence electrons. The summed E-state index contributed by atoms with van der Waals surface area (Å²) in [7, 11) is -4.01. The Hall–Kier alpha value is -2.06. The fraction of sp³-hybridized carbons (Fsp3) is 0.235. The van der Waals surface area contributed by atoms with Crippen LogP contribution in [0.1, 0.15) is 13.8 Å². The van der Waals surface area contributed by atoms with Crippen molar-refractivity contribution in [3.63, 3.8) is 0 Å². The summed E-state index contributed by atoms with van der Waals surface area (Å²) >= 11 is 3.25. The number of hydrogen-bond acceptors (Lipinski definition) is 4. The molecular weight excluding hydrogens is 410 g/mol. The van der Waals surface area contributed by atoms with E-state index in [9.17, 15) is 13.2 Å². The largest absolute Gasteiger partial charge is 0.491 e. The maximum atomic E-state index is 12.9. The molecule has 0 bridgehead atoms. The number of ether oxygens (including phenoxy) is 1. The van der Waals surface area contributed by atoms with Crippen LogP contribution < -0.4 is 9.04 Å². The monoisotopic (exact) mass is 427 g/mol. The Balaban J connectivity index is 2.41. The Morgan fingerprint density at radius 2 is 1.68 bits per heavy atom. The quantitative estimate of drug-likeness (QED) is 0.730. The molecule has 2 aromatic carbocycles. The van der Waals surface area contributed by atoms with Crippen molar-refractivity contribution < 1.29 is 23.1 Å². The van der Waals surface area contributed by atoms with Gasteiger partial charge in [-0.05, 0) is 62.4 Å². The van der Waals surface area contributed by atoms with E-state index in [1.807, 2.05) is 13.8 Å². The summed E-state index contributed by atoms with van der Waals surface area (Å²) in [5, 5.41) is 9.13. The minimum Gasteiger partial charge on any atom is -0.491 e. The Labute approximate surface area is 155 Å². The summed E-state index contributed by atoms with van der Waals surface area (Å²) in [5.74, 6) is -0.668. The molecule has 0 fully saturated rings. The highest BCUT2D eigenvalue weighted by Crippen LogP contribution is 2.26. The lowest BCUT2D eigenvalue weighted by Gasteiger charge is -2.23. The molecule has 1 N–H and O–H groups in total. The van der Waals surface area contributed by atoms with Crippen LogP contribution in [0.4, 0.5) is 5.69 Å². The van der Waals surface area contributed by atoms with E-state index in [4.69, 9.17) is 9.84 Å². The molecule has 0 aromatic heterocycles. The first-order valence-electron chi connectivity index (χ1n) is 7.47. The summed E-state index contributed by atoms with van der Waals surface area (Å²) in [6.45, 7) is 3.08. The van der Waals surface area contributed by atoms with Crippen LogP contribution in [0.5, 0.6) is 5.75 Å². The van der Waals surface area contributed by atoms with Crippen LogP contribution in [-0.4, -0.2) is 32.1 Å². The number of benzene rings is 2. The van der Waals surface area contributed by atoms with Gasteiger partial charge in [0.2, 0.25) is 0 Å². The van der Waals surface area contributed by atoms with Crippen molar-refractivity contribution in [2.75, 3.05) is 10.8 Å². The Morgan fingerprint density at radius 1 is 1.12 bits per heavy atom. The van der Waals surface area contributed by atoms with Crippen molar-refractivity contribution in [3.8, 4) is 5.75 Å². The van der Waals surface area contributed by atoms with E-state index in [0.29, 0.717) is 5.75 Å². The lowest BCUT2D eigenvalue weighted by molar-refractivity contribution is -0.135. The van der Waals surface area contributed by atoms with Gasteiger partial charge >= 0.3 is 5.97 Å². The van der Waals surface area contributed by atoms with Gasteiger partial charge in [0.1, 0.15) is 12.3 Å². The van der Waals surface area contributed by atoms with Crippen LogP contribution in [0, 0.1) is 0 Å². The molecule has 0 unspecified atom stereocenters. The van der Waals surface area contributed by atoms with Gasteiger partial charge in [-0.1, -0.05) is 15.9 Å². The number of halogens is 1. The van der Waals surface area contributed by atoms with Crippen molar-refractivity contribution in [2.24, 2.45) is 0 Å². The van der Waals surface area contributed by atoms with E-state index in [2.05, 4.69) is 15.9 Å². The van der Waals surface area contributed by atoms with Gasteiger partial charge < -0.3 is 9.84 Å². The van der Waals surface area contributed by atoms with Crippen molar-refractivity contribution in [3.05, 3.63) is 53.0 Å². The zero-order chi connectivity index (χ0) is 18.6. The predicted molar refractivity (Wildman–Crippen MR) is 98.5 cm³/mol. The molecular formula is C17H18BrNO5S.